The van der Waals surface area contributed by atoms with E-state index in [1.54, 1.807) is 12.1 Å². The summed E-state index contributed by atoms with van der Waals surface area (Å²) >= 11 is 12.5. The van der Waals surface area contributed by atoms with Crippen molar-refractivity contribution in [3.63, 3.8) is 0 Å². The van der Waals surface area contributed by atoms with Crippen LogP contribution in [0.4, 0.5) is 21.5 Å². The third kappa shape index (κ3) is 6.16. The Morgan fingerprint density at radius 2 is 1.79 bits per heavy atom. The molecule has 1 saturated heterocycles. The number of anilines is 3. The smallest absolute Gasteiger partial charge is 0.141 e. The summed E-state index contributed by atoms with van der Waals surface area (Å²) in [5.74, 6) is -0.522. The number of nitrogens with zero attached hydrogens (tertiary/aromatic N) is 6. The summed E-state index contributed by atoms with van der Waals surface area (Å²) in [6, 6.07) is 10.1. The van der Waals surface area contributed by atoms with Crippen LogP contribution in [0.2, 0.25) is 10.0 Å². The van der Waals surface area contributed by atoms with Crippen molar-refractivity contribution in [2.45, 2.75) is 38.8 Å². The van der Waals surface area contributed by atoms with E-state index in [-0.39, 0.29) is 5.02 Å². The maximum atomic E-state index is 13.7. The van der Waals surface area contributed by atoms with Crippen LogP contribution in [0.5, 0.6) is 0 Å². The van der Waals surface area contributed by atoms with Crippen molar-refractivity contribution in [3.05, 3.63) is 69.8 Å². The molecule has 3 heterocycles. The molecule has 0 aliphatic carbocycles. The number of aromatic nitrogens is 4. The molecular formula is C27H27Cl2FN8. The maximum Gasteiger partial charge on any atom is 0.141 e. The lowest BCUT2D eigenvalue weighted by atomic mass is 10.1. The number of pyridine rings is 1. The molecule has 0 amide bonds. The van der Waals surface area contributed by atoms with Gasteiger partial charge in [-0.25, -0.2) is 4.39 Å². The van der Waals surface area contributed by atoms with Crippen LogP contribution >= 0.6 is 23.2 Å². The van der Waals surface area contributed by atoms with Crippen molar-refractivity contribution in [1.82, 2.24) is 24.9 Å². The van der Waals surface area contributed by atoms with Gasteiger partial charge in [-0.15, -0.1) is 5.10 Å². The summed E-state index contributed by atoms with van der Waals surface area (Å²) in [7, 11) is 0. The van der Waals surface area contributed by atoms with Gasteiger partial charge in [-0.3, -0.25) is 9.67 Å². The van der Waals surface area contributed by atoms with Crippen LogP contribution in [0.25, 0.3) is 10.9 Å². The largest absolute Gasteiger partial charge is 0.379 e. The fourth-order valence-electron chi connectivity index (χ4n) is 4.62. The normalized spacial score (nSPS) is 14.3. The van der Waals surface area contributed by atoms with Crippen molar-refractivity contribution in [2.75, 3.05) is 30.3 Å². The van der Waals surface area contributed by atoms with Gasteiger partial charge in [0.1, 0.15) is 17.6 Å². The summed E-state index contributed by atoms with van der Waals surface area (Å²) in [6.45, 7) is 4.53. The van der Waals surface area contributed by atoms with E-state index in [0.717, 1.165) is 37.6 Å². The molecule has 0 radical (unpaired) electrons. The summed E-state index contributed by atoms with van der Waals surface area (Å²) in [4.78, 5) is 6.87. The van der Waals surface area contributed by atoms with Crippen LogP contribution in [0.1, 0.15) is 36.9 Å². The third-order valence-electron chi connectivity index (χ3n) is 6.64. The SMILES string of the molecule is N#Cc1cnc2c(Cl)cc(NCc3cn(CCN4CCCCCC4)nn3)cc2c1Nc1ccc(F)c(Cl)c1. The molecule has 0 saturated carbocycles. The van der Waals surface area contributed by atoms with Crippen LogP contribution in [-0.2, 0) is 13.1 Å². The third-order valence-corrected chi connectivity index (χ3v) is 7.22. The number of nitriles is 1. The first-order chi connectivity index (χ1) is 18.5. The molecule has 2 aromatic carbocycles. The average Bonchev–Trinajstić information content (AvgIpc) is 3.21. The minimum atomic E-state index is -0.522. The molecule has 38 heavy (non-hydrogen) atoms. The fraction of sp³-hybridized carbons (Fsp3) is 0.333. The summed E-state index contributed by atoms with van der Waals surface area (Å²) < 4.78 is 15.5. The van der Waals surface area contributed by atoms with Crippen molar-refractivity contribution >= 4 is 51.2 Å². The highest BCUT2D eigenvalue weighted by Crippen LogP contribution is 2.35. The van der Waals surface area contributed by atoms with E-state index in [2.05, 4.69) is 36.9 Å². The zero-order valence-corrected chi connectivity index (χ0v) is 22.2. The number of hydrogen-bond acceptors (Lipinski definition) is 7. The zero-order valence-electron chi connectivity index (χ0n) is 20.7. The molecule has 1 fully saturated rings. The van der Waals surface area contributed by atoms with Crippen molar-refractivity contribution < 1.29 is 4.39 Å². The van der Waals surface area contributed by atoms with E-state index in [4.69, 9.17) is 23.2 Å². The Bertz CT molecular complexity index is 1470. The first kappa shape index (κ1) is 26.2. The second kappa shape index (κ2) is 11.9. The van der Waals surface area contributed by atoms with Gasteiger partial charge in [0.2, 0.25) is 0 Å². The molecule has 1 aliphatic rings. The second-order valence-corrected chi connectivity index (χ2v) is 10.2. The van der Waals surface area contributed by atoms with Crippen LogP contribution in [0.15, 0.2) is 42.7 Å². The Kier molecular flexibility index (Phi) is 8.23. The van der Waals surface area contributed by atoms with Crippen LogP contribution < -0.4 is 10.6 Å². The molecule has 0 unspecified atom stereocenters. The average molecular weight is 553 g/mol. The lowest BCUT2D eigenvalue weighted by molar-refractivity contribution is 0.267. The van der Waals surface area contributed by atoms with Crippen LogP contribution in [-0.4, -0.2) is 44.5 Å². The standard InChI is InChI=1S/C27H27Cl2FN8/c28-23-12-19(5-6-25(23)30)34-26-18(14-31)15-33-27-22(26)11-20(13-24(27)29)32-16-21-17-38(36-35-21)10-9-37-7-3-1-2-4-8-37/h5-6,11-13,15,17,32H,1-4,7-10,16H2,(H,33,34). The van der Waals surface area contributed by atoms with E-state index >= 15 is 0 Å². The lowest BCUT2D eigenvalue weighted by Gasteiger charge is -2.19. The summed E-state index contributed by atoms with van der Waals surface area (Å²) in [6.07, 6.45) is 8.58. The molecule has 2 aromatic heterocycles. The van der Waals surface area contributed by atoms with Crippen molar-refractivity contribution in [3.8, 4) is 6.07 Å². The number of likely N-dealkylation sites (tertiary alicyclic amines) is 1. The minimum Gasteiger partial charge on any atom is -0.379 e. The van der Waals surface area contributed by atoms with Gasteiger partial charge in [-0.2, -0.15) is 5.26 Å². The molecule has 0 atom stereocenters. The van der Waals surface area contributed by atoms with E-state index < -0.39 is 5.82 Å². The lowest BCUT2D eigenvalue weighted by Crippen LogP contribution is -2.28. The van der Waals surface area contributed by atoms with E-state index in [0.29, 0.717) is 39.4 Å². The van der Waals surface area contributed by atoms with Gasteiger partial charge in [0.15, 0.2) is 0 Å². The van der Waals surface area contributed by atoms with Crippen LogP contribution in [0, 0.1) is 17.1 Å². The second-order valence-electron chi connectivity index (χ2n) is 9.35. The monoisotopic (exact) mass is 552 g/mol. The van der Waals surface area contributed by atoms with Gasteiger partial charge < -0.3 is 15.5 Å². The van der Waals surface area contributed by atoms with E-state index in [1.165, 1.54) is 44.0 Å². The Morgan fingerprint density at radius 3 is 2.55 bits per heavy atom. The number of hydrogen-bond donors (Lipinski definition) is 2. The molecule has 0 spiro atoms. The molecule has 4 aromatic rings. The Labute approximate surface area is 230 Å². The highest BCUT2D eigenvalue weighted by molar-refractivity contribution is 6.36. The number of rotatable bonds is 8. The van der Waals surface area contributed by atoms with Gasteiger partial charge in [-0.05, 0) is 56.3 Å². The summed E-state index contributed by atoms with van der Waals surface area (Å²) in [5.41, 5.74) is 3.43. The van der Waals surface area contributed by atoms with Gasteiger partial charge in [0.05, 0.1) is 46.1 Å². The number of benzene rings is 2. The molecule has 11 heteroatoms. The first-order valence-electron chi connectivity index (χ1n) is 12.6. The first-order valence-corrected chi connectivity index (χ1v) is 13.4. The molecule has 5 rings (SSSR count). The van der Waals surface area contributed by atoms with E-state index in [1.807, 2.05) is 16.9 Å². The van der Waals surface area contributed by atoms with Gasteiger partial charge in [-0.1, -0.05) is 41.3 Å². The predicted molar refractivity (Wildman–Crippen MR) is 148 cm³/mol. The Morgan fingerprint density at radius 1 is 1.00 bits per heavy atom. The minimum absolute atomic E-state index is 0.0215. The zero-order chi connectivity index (χ0) is 26.5. The Balaban J connectivity index is 1.32. The highest BCUT2D eigenvalue weighted by Gasteiger charge is 2.15. The highest BCUT2D eigenvalue weighted by atomic mass is 35.5. The topological polar surface area (TPSA) is 94.7 Å². The molecule has 2 N–H and O–H groups in total. The van der Waals surface area contributed by atoms with Crippen molar-refractivity contribution in [1.29, 1.82) is 5.26 Å². The number of nitrogens with one attached hydrogen (secondary N) is 2. The maximum absolute atomic E-state index is 13.7. The molecule has 0 bridgehead atoms. The molecule has 1 aliphatic heterocycles. The van der Waals surface area contributed by atoms with Gasteiger partial charge >= 0.3 is 0 Å². The molecule has 196 valence electrons. The van der Waals surface area contributed by atoms with E-state index in [9.17, 15) is 9.65 Å². The quantitative estimate of drug-likeness (QED) is 0.262. The van der Waals surface area contributed by atoms with Crippen LogP contribution in [0.3, 0.4) is 0 Å². The predicted octanol–water partition coefficient (Wildman–Crippen LogP) is 6.38. The fourth-order valence-corrected chi connectivity index (χ4v) is 5.07. The van der Waals surface area contributed by atoms with Crippen molar-refractivity contribution in [2.24, 2.45) is 0 Å². The molecular weight excluding hydrogens is 526 g/mol. The Hall–Kier alpha value is -3.45. The summed E-state index contributed by atoms with van der Waals surface area (Å²) in [5, 5.41) is 25.9. The molecule has 8 nitrogen and oxygen atoms in total. The number of fused-ring (bicyclic) bond motifs is 1. The van der Waals surface area contributed by atoms with Gasteiger partial charge in [0.25, 0.3) is 0 Å². The van der Waals surface area contributed by atoms with Gasteiger partial charge in [0, 0.05) is 29.5 Å². The number of halogens is 3.